The zero-order valence-electron chi connectivity index (χ0n) is 18.1. The first kappa shape index (κ1) is 19.4. The van der Waals surface area contributed by atoms with Gasteiger partial charge < -0.3 is 14.6 Å². The molecule has 0 atom stereocenters. The maximum absolute atomic E-state index is 5.79. The maximum atomic E-state index is 5.79. The summed E-state index contributed by atoms with van der Waals surface area (Å²) >= 11 is 0. The Kier molecular flexibility index (Phi) is 5.38. The number of oxazole rings is 1. The van der Waals surface area contributed by atoms with Crippen molar-refractivity contribution in [3.05, 3.63) is 53.6 Å². The molecule has 5 heteroatoms. The maximum Gasteiger partial charge on any atom is 0.295 e. The first-order valence-corrected chi connectivity index (χ1v) is 11.3. The van der Waals surface area contributed by atoms with Crippen LogP contribution in [0.1, 0.15) is 30.4 Å². The van der Waals surface area contributed by atoms with Crippen molar-refractivity contribution in [2.75, 3.05) is 42.9 Å². The van der Waals surface area contributed by atoms with E-state index in [0.29, 0.717) is 12.1 Å². The number of fused-ring (bicyclic) bond motifs is 1. The van der Waals surface area contributed by atoms with Crippen molar-refractivity contribution in [1.82, 2.24) is 9.88 Å². The van der Waals surface area contributed by atoms with E-state index < -0.39 is 0 Å². The van der Waals surface area contributed by atoms with Crippen LogP contribution in [0.25, 0.3) is 11.1 Å². The average Bonchev–Trinajstić information content (AvgIpc) is 3.15. The van der Waals surface area contributed by atoms with Gasteiger partial charge in [-0.2, -0.15) is 4.98 Å². The summed E-state index contributed by atoms with van der Waals surface area (Å²) < 4.78 is 5.79. The van der Waals surface area contributed by atoms with Crippen LogP contribution in [0.3, 0.4) is 0 Å². The molecular formula is C25H32N4O. The third-order valence-corrected chi connectivity index (χ3v) is 7.00. The van der Waals surface area contributed by atoms with Crippen LogP contribution in [-0.4, -0.2) is 48.6 Å². The van der Waals surface area contributed by atoms with Crippen LogP contribution >= 0.6 is 0 Å². The topological polar surface area (TPSA) is 44.5 Å². The number of piperazine rings is 1. The molecule has 1 aromatic heterocycles. The van der Waals surface area contributed by atoms with Gasteiger partial charge in [-0.1, -0.05) is 24.3 Å². The summed E-state index contributed by atoms with van der Waals surface area (Å²) in [5.74, 6) is 0.823. The van der Waals surface area contributed by atoms with Gasteiger partial charge in [-0.25, -0.2) is 0 Å². The van der Waals surface area contributed by atoms with Gasteiger partial charge in [0.05, 0.1) is 0 Å². The van der Waals surface area contributed by atoms with Gasteiger partial charge in [-0.3, -0.25) is 4.90 Å². The minimum Gasteiger partial charge on any atom is -0.424 e. The second-order valence-corrected chi connectivity index (χ2v) is 9.00. The molecule has 0 amide bonds. The third kappa shape index (κ3) is 4.04. The molecule has 1 saturated heterocycles. The lowest BCUT2D eigenvalue weighted by atomic mass is 9.78. The van der Waals surface area contributed by atoms with E-state index in [0.717, 1.165) is 30.1 Å². The lowest BCUT2D eigenvalue weighted by Gasteiger charge is -2.40. The van der Waals surface area contributed by atoms with Crippen LogP contribution in [0, 0.1) is 19.8 Å². The quantitative estimate of drug-likeness (QED) is 0.636. The Morgan fingerprint density at radius 1 is 1.00 bits per heavy atom. The number of nitrogens with zero attached hydrogens (tertiary/aromatic N) is 3. The molecule has 3 aromatic rings. The number of para-hydroxylation sites is 2. The SMILES string of the molecule is Cc1cccc(N2CCN(CCC3CC(Nc4nc5ccccc5o4)C3)CC2)c1C. The fraction of sp³-hybridized carbons (Fsp3) is 0.480. The number of hydrogen-bond donors (Lipinski definition) is 1. The van der Waals surface area contributed by atoms with E-state index in [4.69, 9.17) is 4.42 Å². The summed E-state index contributed by atoms with van der Waals surface area (Å²) in [4.78, 5) is 9.73. The summed E-state index contributed by atoms with van der Waals surface area (Å²) in [5.41, 5.74) is 6.02. The monoisotopic (exact) mass is 404 g/mol. The first-order chi connectivity index (χ1) is 14.7. The Morgan fingerprint density at radius 2 is 1.80 bits per heavy atom. The Bertz CT molecular complexity index is 966. The van der Waals surface area contributed by atoms with Gasteiger partial charge in [0.25, 0.3) is 6.01 Å². The van der Waals surface area contributed by atoms with Crippen LogP contribution in [-0.2, 0) is 0 Å². The molecule has 2 heterocycles. The molecule has 5 rings (SSSR count). The molecule has 30 heavy (non-hydrogen) atoms. The van der Waals surface area contributed by atoms with Gasteiger partial charge in [0.15, 0.2) is 5.58 Å². The lowest BCUT2D eigenvalue weighted by Crippen LogP contribution is -2.47. The Morgan fingerprint density at radius 3 is 2.60 bits per heavy atom. The highest BCUT2D eigenvalue weighted by Gasteiger charge is 2.30. The predicted octanol–water partition coefficient (Wildman–Crippen LogP) is 4.85. The smallest absolute Gasteiger partial charge is 0.295 e. The Balaban J connectivity index is 1.04. The zero-order valence-corrected chi connectivity index (χ0v) is 18.1. The van der Waals surface area contributed by atoms with Gasteiger partial charge in [0.2, 0.25) is 0 Å². The molecule has 0 radical (unpaired) electrons. The standard InChI is InChI=1S/C25H32N4O/c1-18-6-5-8-23(19(18)2)29-14-12-28(13-15-29)11-10-20-16-21(17-20)26-25-27-22-7-3-4-9-24(22)30-25/h3-9,20-21H,10-17H2,1-2H3,(H,26,27). The van der Waals surface area contributed by atoms with Gasteiger partial charge in [-0.05, 0) is 74.9 Å². The van der Waals surface area contributed by atoms with E-state index in [1.54, 1.807) is 0 Å². The third-order valence-electron chi connectivity index (χ3n) is 7.00. The van der Waals surface area contributed by atoms with Gasteiger partial charge in [-0.15, -0.1) is 0 Å². The minimum atomic E-state index is 0.504. The highest BCUT2D eigenvalue weighted by atomic mass is 16.4. The van der Waals surface area contributed by atoms with Crippen molar-refractivity contribution < 1.29 is 4.42 Å². The largest absolute Gasteiger partial charge is 0.424 e. The van der Waals surface area contributed by atoms with Crippen LogP contribution in [0.15, 0.2) is 46.9 Å². The van der Waals surface area contributed by atoms with Crippen molar-refractivity contribution >= 4 is 22.8 Å². The molecule has 5 nitrogen and oxygen atoms in total. The molecule has 1 aliphatic heterocycles. The molecule has 1 saturated carbocycles. The minimum absolute atomic E-state index is 0.504. The normalized spacial score (nSPS) is 22.3. The summed E-state index contributed by atoms with van der Waals surface area (Å²) in [5, 5.41) is 3.47. The Hall–Kier alpha value is -2.53. The molecule has 2 aliphatic rings. The predicted molar refractivity (Wildman–Crippen MR) is 123 cm³/mol. The van der Waals surface area contributed by atoms with Crippen molar-refractivity contribution in [3.63, 3.8) is 0 Å². The van der Waals surface area contributed by atoms with Gasteiger partial charge in [0, 0.05) is 37.9 Å². The molecule has 2 fully saturated rings. The average molecular weight is 405 g/mol. The summed E-state index contributed by atoms with van der Waals surface area (Å²) in [7, 11) is 0. The molecular weight excluding hydrogens is 372 g/mol. The Labute approximate surface area is 179 Å². The summed E-state index contributed by atoms with van der Waals surface area (Å²) in [6, 6.07) is 15.8. The number of benzene rings is 2. The fourth-order valence-electron chi connectivity index (χ4n) is 4.85. The highest BCUT2D eigenvalue weighted by Crippen LogP contribution is 2.33. The van der Waals surface area contributed by atoms with Gasteiger partial charge >= 0.3 is 0 Å². The first-order valence-electron chi connectivity index (χ1n) is 11.3. The second kappa shape index (κ2) is 8.31. The highest BCUT2D eigenvalue weighted by molar-refractivity contribution is 5.74. The lowest BCUT2D eigenvalue weighted by molar-refractivity contribution is 0.195. The van der Waals surface area contributed by atoms with Crippen molar-refractivity contribution in [1.29, 1.82) is 0 Å². The zero-order chi connectivity index (χ0) is 20.5. The summed E-state index contributed by atoms with van der Waals surface area (Å²) in [6.45, 7) is 10.3. The second-order valence-electron chi connectivity index (χ2n) is 9.00. The van der Waals surface area contributed by atoms with Crippen molar-refractivity contribution in [2.24, 2.45) is 5.92 Å². The molecule has 0 unspecified atom stereocenters. The van der Waals surface area contributed by atoms with E-state index in [2.05, 4.69) is 52.1 Å². The molecule has 1 N–H and O–H groups in total. The van der Waals surface area contributed by atoms with Crippen LogP contribution in [0.4, 0.5) is 11.7 Å². The number of hydrogen-bond acceptors (Lipinski definition) is 5. The van der Waals surface area contributed by atoms with Crippen molar-refractivity contribution in [3.8, 4) is 0 Å². The van der Waals surface area contributed by atoms with E-state index in [1.807, 2.05) is 24.3 Å². The van der Waals surface area contributed by atoms with E-state index in [9.17, 15) is 0 Å². The van der Waals surface area contributed by atoms with Crippen LogP contribution < -0.4 is 10.2 Å². The van der Waals surface area contributed by atoms with E-state index >= 15 is 0 Å². The molecule has 1 aliphatic carbocycles. The number of aryl methyl sites for hydroxylation is 1. The van der Waals surface area contributed by atoms with Crippen molar-refractivity contribution in [2.45, 2.75) is 39.2 Å². The molecule has 0 spiro atoms. The number of rotatable bonds is 6. The van der Waals surface area contributed by atoms with E-state index in [-0.39, 0.29) is 0 Å². The summed E-state index contributed by atoms with van der Waals surface area (Å²) in [6.07, 6.45) is 3.75. The molecule has 0 bridgehead atoms. The molecule has 158 valence electrons. The number of anilines is 2. The number of aromatic nitrogens is 1. The van der Waals surface area contributed by atoms with Crippen LogP contribution in [0.5, 0.6) is 0 Å². The fourth-order valence-corrected chi connectivity index (χ4v) is 4.85. The number of nitrogens with one attached hydrogen (secondary N) is 1. The van der Waals surface area contributed by atoms with E-state index in [1.165, 1.54) is 55.7 Å². The molecule has 2 aromatic carbocycles. The van der Waals surface area contributed by atoms with Gasteiger partial charge in [0.1, 0.15) is 5.52 Å². The van der Waals surface area contributed by atoms with Crippen LogP contribution in [0.2, 0.25) is 0 Å².